The molecule has 1 heterocycles. The normalized spacial score (nSPS) is 19.6. The Hall–Kier alpha value is -0.560. The lowest BCUT2D eigenvalue weighted by atomic mass is 10.1. The van der Waals surface area contributed by atoms with Gasteiger partial charge < -0.3 is 5.32 Å². The topological polar surface area (TPSA) is 49.4 Å². The van der Waals surface area contributed by atoms with E-state index in [0.717, 1.165) is 16.9 Å². The van der Waals surface area contributed by atoms with Gasteiger partial charge in [0.2, 0.25) is 10.0 Å². The molecular formula is C15H24N2O2S2. The van der Waals surface area contributed by atoms with Crippen molar-refractivity contribution in [2.24, 2.45) is 0 Å². The Labute approximate surface area is 132 Å². The van der Waals surface area contributed by atoms with Crippen LogP contribution in [0.4, 0.5) is 0 Å². The highest BCUT2D eigenvalue weighted by Gasteiger charge is 2.35. The molecule has 1 saturated heterocycles. The predicted octanol–water partition coefficient (Wildman–Crippen LogP) is 2.23. The summed E-state index contributed by atoms with van der Waals surface area (Å²) in [6.45, 7) is 7.89. The zero-order valence-corrected chi connectivity index (χ0v) is 14.8. The van der Waals surface area contributed by atoms with E-state index in [1.165, 1.54) is 0 Å². The number of nitrogens with zero attached hydrogens (tertiary/aromatic N) is 1. The molecule has 0 radical (unpaired) electrons. The summed E-state index contributed by atoms with van der Waals surface area (Å²) >= 11 is 1.83. The van der Waals surface area contributed by atoms with Gasteiger partial charge in [0, 0.05) is 30.1 Å². The molecule has 0 aromatic heterocycles. The minimum absolute atomic E-state index is 0.0260. The third-order valence-electron chi connectivity index (χ3n) is 3.64. The Morgan fingerprint density at radius 3 is 2.71 bits per heavy atom. The van der Waals surface area contributed by atoms with Gasteiger partial charge in [-0.15, -0.1) is 0 Å². The van der Waals surface area contributed by atoms with Crippen LogP contribution in [-0.4, -0.2) is 43.4 Å². The molecule has 1 aliphatic heterocycles. The van der Waals surface area contributed by atoms with Gasteiger partial charge in [-0.1, -0.05) is 12.1 Å². The lowest BCUT2D eigenvalue weighted by Crippen LogP contribution is -2.46. The molecule has 0 amide bonds. The summed E-state index contributed by atoms with van der Waals surface area (Å²) in [6, 6.07) is 5.67. The molecule has 118 valence electrons. The van der Waals surface area contributed by atoms with Crippen molar-refractivity contribution < 1.29 is 8.42 Å². The largest absolute Gasteiger partial charge is 0.316 e. The number of nitrogens with one attached hydrogen (secondary N) is 1. The molecular weight excluding hydrogens is 304 g/mol. The summed E-state index contributed by atoms with van der Waals surface area (Å²) in [4.78, 5) is 0.443. The van der Waals surface area contributed by atoms with Crippen molar-refractivity contribution >= 4 is 21.8 Å². The van der Waals surface area contributed by atoms with Crippen molar-refractivity contribution in [3.8, 4) is 0 Å². The van der Waals surface area contributed by atoms with Gasteiger partial charge in [-0.2, -0.15) is 16.1 Å². The highest BCUT2D eigenvalue weighted by atomic mass is 32.2. The molecule has 1 fully saturated rings. The molecule has 0 spiro atoms. The number of hydrogen-bond donors (Lipinski definition) is 1. The highest BCUT2D eigenvalue weighted by Crippen LogP contribution is 2.33. The smallest absolute Gasteiger partial charge is 0.243 e. The van der Waals surface area contributed by atoms with Crippen LogP contribution in [0.5, 0.6) is 0 Å². The average Bonchev–Trinajstić information content (AvgIpc) is 2.40. The number of aryl methyl sites for hydroxylation is 1. The summed E-state index contributed by atoms with van der Waals surface area (Å²) in [5, 5.41) is 3.06. The van der Waals surface area contributed by atoms with Crippen LogP contribution in [0.25, 0.3) is 0 Å². The first-order valence-corrected chi connectivity index (χ1v) is 9.57. The molecule has 1 aromatic carbocycles. The second-order valence-electron chi connectivity index (χ2n) is 6.08. The molecule has 1 aliphatic rings. The van der Waals surface area contributed by atoms with Crippen LogP contribution >= 0.6 is 11.8 Å². The van der Waals surface area contributed by atoms with Crippen LogP contribution in [0.2, 0.25) is 0 Å². The first-order chi connectivity index (χ1) is 9.76. The maximum Gasteiger partial charge on any atom is 0.243 e. The van der Waals surface area contributed by atoms with Gasteiger partial charge in [0.1, 0.15) is 0 Å². The van der Waals surface area contributed by atoms with Gasteiger partial charge in [-0.3, -0.25) is 0 Å². The molecule has 0 atom stereocenters. The quantitative estimate of drug-likeness (QED) is 0.921. The van der Waals surface area contributed by atoms with E-state index < -0.39 is 10.0 Å². The number of benzene rings is 1. The summed E-state index contributed by atoms with van der Waals surface area (Å²) in [5.41, 5.74) is 1.80. The summed E-state index contributed by atoms with van der Waals surface area (Å²) in [5.74, 6) is 0.849. The zero-order valence-electron chi connectivity index (χ0n) is 13.1. The van der Waals surface area contributed by atoms with Gasteiger partial charge in [0.25, 0.3) is 0 Å². The number of sulfonamides is 1. The minimum Gasteiger partial charge on any atom is -0.316 e. The Morgan fingerprint density at radius 1 is 1.38 bits per heavy atom. The molecule has 21 heavy (non-hydrogen) atoms. The Balaban J connectivity index is 2.37. The summed E-state index contributed by atoms with van der Waals surface area (Å²) < 4.78 is 27.5. The summed E-state index contributed by atoms with van der Waals surface area (Å²) in [6.07, 6.45) is 0. The van der Waals surface area contributed by atoms with Crippen molar-refractivity contribution in [3.05, 3.63) is 29.3 Å². The fourth-order valence-electron chi connectivity index (χ4n) is 2.55. The van der Waals surface area contributed by atoms with E-state index >= 15 is 0 Å². The first-order valence-electron chi connectivity index (χ1n) is 7.14. The van der Waals surface area contributed by atoms with Gasteiger partial charge in [0.05, 0.1) is 4.90 Å². The van der Waals surface area contributed by atoms with Crippen molar-refractivity contribution in [2.45, 2.75) is 37.0 Å². The molecule has 2 rings (SSSR count). The Morgan fingerprint density at radius 2 is 2.10 bits per heavy atom. The van der Waals surface area contributed by atoms with Crippen LogP contribution in [-0.2, 0) is 16.6 Å². The molecule has 0 aliphatic carbocycles. The maximum absolute atomic E-state index is 12.9. The fourth-order valence-corrected chi connectivity index (χ4v) is 5.74. The lowest BCUT2D eigenvalue weighted by Gasteiger charge is -2.36. The fraction of sp³-hybridized carbons (Fsp3) is 0.600. The predicted molar refractivity (Wildman–Crippen MR) is 89.2 cm³/mol. The first kappa shape index (κ1) is 16.8. The van der Waals surface area contributed by atoms with Crippen molar-refractivity contribution in [1.29, 1.82) is 0 Å². The second kappa shape index (κ2) is 6.28. The SMILES string of the molecule is CNCc1ccc(C)c(S(=O)(=O)N2CCSC(C)(C)C2)c1. The van der Waals surface area contributed by atoms with E-state index in [0.29, 0.717) is 24.5 Å². The molecule has 0 saturated carbocycles. The zero-order chi connectivity index (χ0) is 15.7. The lowest BCUT2D eigenvalue weighted by molar-refractivity contribution is 0.387. The molecule has 0 unspecified atom stereocenters. The Kier molecular flexibility index (Phi) is 5.03. The monoisotopic (exact) mass is 328 g/mol. The highest BCUT2D eigenvalue weighted by molar-refractivity contribution is 8.00. The number of thioether (sulfide) groups is 1. The number of hydrogen-bond acceptors (Lipinski definition) is 4. The van der Waals surface area contributed by atoms with E-state index in [1.54, 1.807) is 10.4 Å². The molecule has 0 bridgehead atoms. The van der Waals surface area contributed by atoms with E-state index in [2.05, 4.69) is 19.2 Å². The van der Waals surface area contributed by atoms with E-state index in [1.807, 2.05) is 37.9 Å². The number of rotatable bonds is 4. The maximum atomic E-state index is 12.9. The third-order valence-corrected chi connectivity index (χ3v) is 6.93. The van der Waals surface area contributed by atoms with Crippen molar-refractivity contribution in [2.75, 3.05) is 25.9 Å². The van der Waals surface area contributed by atoms with E-state index in [9.17, 15) is 8.42 Å². The van der Waals surface area contributed by atoms with Gasteiger partial charge in [-0.25, -0.2) is 8.42 Å². The van der Waals surface area contributed by atoms with Gasteiger partial charge in [-0.05, 0) is 45.0 Å². The molecule has 1 N–H and O–H groups in total. The van der Waals surface area contributed by atoms with Gasteiger partial charge >= 0.3 is 0 Å². The Bertz CT molecular complexity index is 612. The van der Waals surface area contributed by atoms with Gasteiger partial charge in [0.15, 0.2) is 0 Å². The van der Waals surface area contributed by atoms with Crippen molar-refractivity contribution in [1.82, 2.24) is 9.62 Å². The van der Waals surface area contributed by atoms with Crippen molar-refractivity contribution in [3.63, 3.8) is 0 Å². The standard InChI is InChI=1S/C15H24N2O2S2/c1-12-5-6-13(10-16-4)9-14(12)21(18,19)17-7-8-20-15(2,3)11-17/h5-6,9,16H,7-8,10-11H2,1-4H3. The summed E-state index contributed by atoms with van der Waals surface area (Å²) in [7, 11) is -1.55. The van der Waals surface area contributed by atoms with Crippen LogP contribution in [0, 0.1) is 6.92 Å². The minimum atomic E-state index is -3.41. The van der Waals surface area contributed by atoms with E-state index in [-0.39, 0.29) is 4.75 Å². The average molecular weight is 329 g/mol. The van der Waals surface area contributed by atoms with Crippen LogP contribution < -0.4 is 5.32 Å². The third kappa shape index (κ3) is 3.80. The molecule has 1 aromatic rings. The molecule has 6 heteroatoms. The second-order valence-corrected chi connectivity index (χ2v) is 9.79. The van der Waals surface area contributed by atoms with E-state index in [4.69, 9.17) is 0 Å². The van der Waals surface area contributed by atoms with Crippen LogP contribution in [0.1, 0.15) is 25.0 Å². The van der Waals surface area contributed by atoms with Crippen LogP contribution in [0.3, 0.4) is 0 Å². The molecule has 4 nitrogen and oxygen atoms in total. The van der Waals surface area contributed by atoms with Crippen LogP contribution in [0.15, 0.2) is 23.1 Å².